The smallest absolute Gasteiger partial charge is 0.123 e. The monoisotopic (exact) mass is 183 g/mol. The Bertz CT molecular complexity index is 297. The number of rotatable bonds is 2. The maximum Gasteiger partial charge on any atom is 0.123 e. The highest BCUT2D eigenvalue weighted by atomic mass is 19.1. The van der Waals surface area contributed by atoms with Gasteiger partial charge in [-0.3, -0.25) is 0 Å². The zero-order chi connectivity index (χ0) is 10.0. The second-order valence-electron chi connectivity index (χ2n) is 3.24. The lowest BCUT2D eigenvalue weighted by atomic mass is 9.98. The molecule has 0 heterocycles. The normalized spacial score (nSPS) is 15.5. The van der Waals surface area contributed by atoms with Crippen LogP contribution in [0, 0.1) is 5.82 Å². The van der Waals surface area contributed by atoms with Crippen molar-refractivity contribution in [3.8, 4) is 0 Å². The number of aliphatic hydroxyl groups is 1. The molecule has 0 aliphatic rings. The van der Waals surface area contributed by atoms with E-state index in [9.17, 15) is 9.50 Å². The van der Waals surface area contributed by atoms with E-state index in [4.69, 9.17) is 5.73 Å². The van der Waals surface area contributed by atoms with E-state index in [-0.39, 0.29) is 11.9 Å². The number of benzene rings is 1. The number of aliphatic hydroxyl groups excluding tert-OH is 1. The van der Waals surface area contributed by atoms with Crippen LogP contribution in [0.1, 0.15) is 37.1 Å². The van der Waals surface area contributed by atoms with Gasteiger partial charge in [-0.1, -0.05) is 6.07 Å². The molecule has 0 unspecified atom stereocenters. The highest BCUT2D eigenvalue weighted by Gasteiger charge is 2.11. The average Bonchev–Trinajstić information content (AvgIpc) is 2.03. The van der Waals surface area contributed by atoms with E-state index in [1.165, 1.54) is 12.1 Å². The van der Waals surface area contributed by atoms with Crippen molar-refractivity contribution < 1.29 is 9.50 Å². The second-order valence-corrected chi connectivity index (χ2v) is 3.24. The Morgan fingerprint density at radius 2 is 1.92 bits per heavy atom. The zero-order valence-corrected chi connectivity index (χ0v) is 7.79. The molecule has 3 heteroatoms. The van der Waals surface area contributed by atoms with Crippen molar-refractivity contribution in [2.75, 3.05) is 0 Å². The first-order valence-corrected chi connectivity index (χ1v) is 4.25. The standard InChI is InChI=1S/C10H14FNO/c1-6(12)10-5-8(11)3-4-9(10)7(2)13/h3-7,13H,12H2,1-2H3/t6-,7-/m1/s1. The molecule has 0 fully saturated rings. The highest BCUT2D eigenvalue weighted by Crippen LogP contribution is 2.23. The third kappa shape index (κ3) is 2.26. The topological polar surface area (TPSA) is 46.2 Å². The summed E-state index contributed by atoms with van der Waals surface area (Å²) >= 11 is 0. The van der Waals surface area contributed by atoms with Gasteiger partial charge in [0.2, 0.25) is 0 Å². The van der Waals surface area contributed by atoms with Crippen LogP contribution in [0.25, 0.3) is 0 Å². The van der Waals surface area contributed by atoms with E-state index in [1.54, 1.807) is 19.9 Å². The van der Waals surface area contributed by atoms with Gasteiger partial charge in [-0.15, -0.1) is 0 Å². The summed E-state index contributed by atoms with van der Waals surface area (Å²) in [5.41, 5.74) is 7.00. The molecule has 2 atom stereocenters. The SMILES string of the molecule is C[C@@H](N)c1cc(F)ccc1[C@@H](C)O. The molecule has 0 saturated carbocycles. The molecule has 0 aliphatic heterocycles. The number of hydrogen-bond acceptors (Lipinski definition) is 2. The minimum Gasteiger partial charge on any atom is -0.389 e. The first kappa shape index (κ1) is 10.2. The van der Waals surface area contributed by atoms with Gasteiger partial charge in [-0.2, -0.15) is 0 Å². The fourth-order valence-corrected chi connectivity index (χ4v) is 1.32. The van der Waals surface area contributed by atoms with Gasteiger partial charge in [0, 0.05) is 6.04 Å². The van der Waals surface area contributed by atoms with Gasteiger partial charge in [0.15, 0.2) is 0 Å². The number of hydrogen-bond donors (Lipinski definition) is 2. The van der Waals surface area contributed by atoms with Crippen molar-refractivity contribution in [1.82, 2.24) is 0 Å². The summed E-state index contributed by atoms with van der Waals surface area (Å²) in [6.45, 7) is 3.40. The lowest BCUT2D eigenvalue weighted by molar-refractivity contribution is 0.197. The van der Waals surface area contributed by atoms with E-state index in [2.05, 4.69) is 0 Å². The Balaban J connectivity index is 3.19. The molecule has 0 radical (unpaired) electrons. The molecular formula is C10H14FNO. The summed E-state index contributed by atoms with van der Waals surface area (Å²) in [5, 5.41) is 9.37. The van der Waals surface area contributed by atoms with Crippen molar-refractivity contribution in [2.45, 2.75) is 26.0 Å². The summed E-state index contributed by atoms with van der Waals surface area (Å²) in [7, 11) is 0. The highest BCUT2D eigenvalue weighted by molar-refractivity contribution is 5.31. The molecule has 1 aromatic rings. The lowest BCUT2D eigenvalue weighted by Gasteiger charge is -2.14. The maximum atomic E-state index is 12.8. The Hall–Kier alpha value is -0.930. The molecule has 0 aliphatic carbocycles. The fourth-order valence-electron chi connectivity index (χ4n) is 1.32. The first-order chi connectivity index (χ1) is 6.02. The molecule has 1 aromatic carbocycles. The third-order valence-electron chi connectivity index (χ3n) is 1.99. The summed E-state index contributed by atoms with van der Waals surface area (Å²) in [6.07, 6.45) is -0.610. The molecule has 0 amide bonds. The zero-order valence-electron chi connectivity index (χ0n) is 7.79. The van der Waals surface area contributed by atoms with Gasteiger partial charge < -0.3 is 10.8 Å². The van der Waals surface area contributed by atoms with E-state index < -0.39 is 6.10 Å². The maximum absolute atomic E-state index is 12.8. The minimum absolute atomic E-state index is 0.264. The predicted octanol–water partition coefficient (Wildman–Crippen LogP) is 1.90. The largest absolute Gasteiger partial charge is 0.389 e. The van der Waals surface area contributed by atoms with Crippen LogP contribution in [-0.4, -0.2) is 5.11 Å². The van der Waals surface area contributed by atoms with Crippen LogP contribution in [-0.2, 0) is 0 Å². The van der Waals surface area contributed by atoms with Gasteiger partial charge in [-0.25, -0.2) is 4.39 Å². The molecule has 72 valence electrons. The number of nitrogens with two attached hydrogens (primary N) is 1. The van der Waals surface area contributed by atoms with Crippen molar-refractivity contribution in [3.63, 3.8) is 0 Å². The average molecular weight is 183 g/mol. The number of halogens is 1. The summed E-state index contributed by atoms with van der Waals surface area (Å²) in [6, 6.07) is 4.00. The molecular weight excluding hydrogens is 169 g/mol. The molecule has 2 nitrogen and oxygen atoms in total. The molecule has 13 heavy (non-hydrogen) atoms. The second kappa shape index (κ2) is 3.85. The van der Waals surface area contributed by atoms with Crippen molar-refractivity contribution >= 4 is 0 Å². The van der Waals surface area contributed by atoms with Crippen molar-refractivity contribution in [2.24, 2.45) is 5.73 Å². The summed E-state index contributed by atoms with van der Waals surface area (Å²) in [5.74, 6) is -0.322. The molecule has 1 rings (SSSR count). The van der Waals surface area contributed by atoms with Crippen molar-refractivity contribution in [1.29, 1.82) is 0 Å². The lowest BCUT2D eigenvalue weighted by Crippen LogP contribution is -2.10. The predicted molar refractivity (Wildman–Crippen MR) is 49.6 cm³/mol. The van der Waals surface area contributed by atoms with Crippen LogP contribution < -0.4 is 5.73 Å². The molecule has 0 aromatic heterocycles. The quantitative estimate of drug-likeness (QED) is 0.735. The first-order valence-electron chi connectivity index (χ1n) is 4.25. The Morgan fingerprint density at radius 3 is 2.38 bits per heavy atom. The van der Waals surface area contributed by atoms with Crippen LogP contribution >= 0.6 is 0 Å². The van der Waals surface area contributed by atoms with Gasteiger partial charge in [-0.05, 0) is 37.1 Å². The molecule has 3 N–H and O–H groups in total. The summed E-state index contributed by atoms with van der Waals surface area (Å²) in [4.78, 5) is 0. The van der Waals surface area contributed by atoms with Crippen LogP contribution in [0.4, 0.5) is 4.39 Å². The molecule has 0 spiro atoms. The van der Waals surface area contributed by atoms with Crippen molar-refractivity contribution in [3.05, 3.63) is 35.1 Å². The van der Waals surface area contributed by atoms with Crippen LogP contribution in [0.15, 0.2) is 18.2 Å². The van der Waals surface area contributed by atoms with Gasteiger partial charge in [0.25, 0.3) is 0 Å². The van der Waals surface area contributed by atoms with E-state index in [0.29, 0.717) is 11.1 Å². The van der Waals surface area contributed by atoms with Crippen LogP contribution in [0.3, 0.4) is 0 Å². The molecule has 0 bridgehead atoms. The van der Waals surface area contributed by atoms with E-state index >= 15 is 0 Å². The van der Waals surface area contributed by atoms with Gasteiger partial charge in [0.1, 0.15) is 5.82 Å². The molecule has 0 saturated heterocycles. The van der Waals surface area contributed by atoms with Crippen LogP contribution in [0.2, 0.25) is 0 Å². The van der Waals surface area contributed by atoms with Gasteiger partial charge >= 0.3 is 0 Å². The van der Waals surface area contributed by atoms with Gasteiger partial charge in [0.05, 0.1) is 6.10 Å². The summed E-state index contributed by atoms with van der Waals surface area (Å²) < 4.78 is 12.8. The van der Waals surface area contributed by atoms with Crippen LogP contribution in [0.5, 0.6) is 0 Å². The third-order valence-corrected chi connectivity index (χ3v) is 1.99. The Morgan fingerprint density at radius 1 is 1.31 bits per heavy atom. The van der Waals surface area contributed by atoms with E-state index in [0.717, 1.165) is 0 Å². The van der Waals surface area contributed by atoms with E-state index in [1.807, 2.05) is 0 Å². The fraction of sp³-hybridized carbons (Fsp3) is 0.400. The Labute approximate surface area is 77.2 Å². The minimum atomic E-state index is -0.610. The Kier molecular flexibility index (Phi) is 3.01.